The molecule has 1 fully saturated rings. The number of hydrogen-bond donors (Lipinski definition) is 0. The molecule has 1 saturated carbocycles. The van der Waals surface area contributed by atoms with Crippen LogP contribution < -0.4 is 4.74 Å². The second-order valence-electron chi connectivity index (χ2n) is 9.18. The first kappa shape index (κ1) is 24.2. The highest BCUT2D eigenvalue weighted by molar-refractivity contribution is 9.10. The minimum atomic E-state index is 0.750. The molecule has 2 aromatic rings. The average molecular weight is 488 g/mol. The number of aromatic nitrogens is 2. The molecule has 0 N–H and O–H groups in total. The summed E-state index contributed by atoms with van der Waals surface area (Å²) >= 11 is 3.62. The molecule has 170 valence electrons. The Labute approximate surface area is 197 Å². The molecule has 0 aliphatic heterocycles. The molecule has 0 amide bonds. The number of hydrogen-bond acceptors (Lipinski definition) is 3. The van der Waals surface area contributed by atoms with Crippen LogP contribution in [0.15, 0.2) is 35.1 Å². The maximum absolute atomic E-state index is 5.82. The summed E-state index contributed by atoms with van der Waals surface area (Å²) in [6, 6.07) is 6.10. The highest BCUT2D eigenvalue weighted by Gasteiger charge is 2.20. The van der Waals surface area contributed by atoms with E-state index in [2.05, 4.69) is 45.8 Å². The highest BCUT2D eigenvalue weighted by atomic mass is 79.9. The van der Waals surface area contributed by atoms with Crippen LogP contribution in [0.4, 0.5) is 0 Å². The summed E-state index contributed by atoms with van der Waals surface area (Å²) in [6.45, 7) is 5.22. The summed E-state index contributed by atoms with van der Waals surface area (Å²) in [5.41, 5.74) is 2.27. The van der Waals surface area contributed by atoms with E-state index in [1.165, 1.54) is 63.4 Å². The number of nitrogens with zero attached hydrogens (tertiary/aromatic N) is 2. The van der Waals surface area contributed by atoms with E-state index in [9.17, 15) is 0 Å². The number of aryl methyl sites for hydroxylation is 1. The van der Waals surface area contributed by atoms with Gasteiger partial charge in [0.25, 0.3) is 0 Å². The van der Waals surface area contributed by atoms with E-state index in [1.54, 1.807) is 0 Å². The van der Waals surface area contributed by atoms with E-state index in [1.807, 2.05) is 24.5 Å². The minimum Gasteiger partial charge on any atom is -0.492 e. The monoisotopic (exact) mass is 486 g/mol. The van der Waals surface area contributed by atoms with Crippen LogP contribution in [0, 0.1) is 11.8 Å². The molecule has 1 aliphatic rings. The summed E-state index contributed by atoms with van der Waals surface area (Å²) in [4.78, 5) is 9.28. The van der Waals surface area contributed by atoms with Gasteiger partial charge >= 0.3 is 0 Å². The number of ether oxygens (including phenoxy) is 1. The van der Waals surface area contributed by atoms with Crippen LogP contribution in [0.25, 0.3) is 11.4 Å². The zero-order valence-electron chi connectivity index (χ0n) is 19.4. The summed E-state index contributed by atoms with van der Waals surface area (Å²) in [6.07, 6.45) is 19.9. The molecule has 3 rings (SSSR count). The van der Waals surface area contributed by atoms with E-state index in [-0.39, 0.29) is 0 Å². The van der Waals surface area contributed by atoms with Gasteiger partial charge in [0.15, 0.2) is 5.82 Å². The van der Waals surface area contributed by atoms with Gasteiger partial charge in [-0.05, 0) is 70.8 Å². The molecule has 3 nitrogen and oxygen atoms in total. The number of unbranched alkanes of at least 4 members (excludes halogenated alkanes) is 3. The van der Waals surface area contributed by atoms with Crippen molar-refractivity contribution in [3.05, 3.63) is 40.6 Å². The third kappa shape index (κ3) is 7.89. The van der Waals surface area contributed by atoms with Crippen molar-refractivity contribution >= 4 is 15.9 Å². The van der Waals surface area contributed by atoms with E-state index in [0.29, 0.717) is 0 Å². The summed E-state index contributed by atoms with van der Waals surface area (Å²) in [7, 11) is 0. The number of benzene rings is 1. The van der Waals surface area contributed by atoms with E-state index in [4.69, 9.17) is 4.74 Å². The topological polar surface area (TPSA) is 35.0 Å². The second kappa shape index (κ2) is 13.2. The van der Waals surface area contributed by atoms with Crippen molar-refractivity contribution in [3.8, 4) is 17.1 Å². The molecule has 1 aromatic heterocycles. The predicted octanol–water partition coefficient (Wildman–Crippen LogP) is 8.40. The Morgan fingerprint density at radius 2 is 1.58 bits per heavy atom. The van der Waals surface area contributed by atoms with Gasteiger partial charge in [-0.15, -0.1) is 0 Å². The number of rotatable bonds is 12. The fourth-order valence-corrected chi connectivity index (χ4v) is 5.07. The zero-order chi connectivity index (χ0) is 21.9. The Hall–Kier alpha value is -1.42. The normalized spacial score (nSPS) is 18.8. The maximum Gasteiger partial charge on any atom is 0.159 e. The van der Waals surface area contributed by atoms with E-state index < -0.39 is 0 Å². The van der Waals surface area contributed by atoms with Crippen LogP contribution in [0.5, 0.6) is 5.75 Å². The Balaban J connectivity index is 1.45. The molecule has 0 spiro atoms. The lowest BCUT2D eigenvalue weighted by Gasteiger charge is -2.28. The Morgan fingerprint density at radius 3 is 2.23 bits per heavy atom. The molecule has 31 heavy (non-hydrogen) atoms. The van der Waals surface area contributed by atoms with Gasteiger partial charge in [-0.3, -0.25) is 0 Å². The van der Waals surface area contributed by atoms with Crippen molar-refractivity contribution in [1.29, 1.82) is 0 Å². The summed E-state index contributed by atoms with van der Waals surface area (Å²) < 4.78 is 6.78. The SMILES string of the molecule is CCCCC[C@H]1CC[C@H](CCc2cnc(-c3ccc(OCCCC)c(Br)c3)nc2)CC1. The fraction of sp³-hybridized carbons (Fsp3) is 0.630. The third-order valence-electron chi connectivity index (χ3n) is 6.67. The van der Waals surface area contributed by atoms with E-state index >= 15 is 0 Å². The van der Waals surface area contributed by atoms with Crippen molar-refractivity contribution < 1.29 is 4.74 Å². The lowest BCUT2D eigenvalue weighted by Crippen LogP contribution is -2.15. The predicted molar refractivity (Wildman–Crippen MR) is 133 cm³/mol. The Kier molecular flexibility index (Phi) is 10.3. The highest BCUT2D eigenvalue weighted by Crippen LogP contribution is 2.34. The quantitative estimate of drug-likeness (QED) is 0.282. The first-order valence-corrected chi connectivity index (χ1v) is 13.2. The van der Waals surface area contributed by atoms with Gasteiger partial charge in [0.1, 0.15) is 5.75 Å². The van der Waals surface area contributed by atoms with Crippen LogP contribution in [0.2, 0.25) is 0 Å². The summed E-state index contributed by atoms with van der Waals surface area (Å²) in [5, 5.41) is 0. The van der Waals surface area contributed by atoms with E-state index in [0.717, 1.165) is 59.3 Å². The average Bonchev–Trinajstić information content (AvgIpc) is 2.80. The van der Waals surface area contributed by atoms with Gasteiger partial charge in [-0.1, -0.05) is 71.6 Å². The smallest absolute Gasteiger partial charge is 0.159 e. The van der Waals surface area contributed by atoms with Gasteiger partial charge in [0, 0.05) is 18.0 Å². The standard InChI is InChI=1S/C27H39BrN2O/c1-3-5-7-8-21-9-11-22(12-10-21)13-14-23-19-29-27(30-20-23)24-15-16-26(25(28)18-24)31-17-6-4-2/h15-16,18-22H,3-14,17H2,1-2H3/t21-,22-. The van der Waals surface area contributed by atoms with Gasteiger partial charge in [-0.2, -0.15) is 0 Å². The molecule has 0 unspecified atom stereocenters. The molecule has 1 heterocycles. The van der Waals surface area contributed by atoms with Crippen LogP contribution in [0.3, 0.4) is 0 Å². The van der Waals surface area contributed by atoms with Crippen molar-refractivity contribution in [2.24, 2.45) is 11.8 Å². The van der Waals surface area contributed by atoms with Crippen molar-refractivity contribution in [3.63, 3.8) is 0 Å². The lowest BCUT2D eigenvalue weighted by atomic mass is 9.78. The molecule has 1 aliphatic carbocycles. The third-order valence-corrected chi connectivity index (χ3v) is 7.29. The Bertz CT molecular complexity index is 769. The second-order valence-corrected chi connectivity index (χ2v) is 10.0. The first-order chi connectivity index (χ1) is 15.2. The maximum atomic E-state index is 5.82. The largest absolute Gasteiger partial charge is 0.492 e. The van der Waals surface area contributed by atoms with Crippen LogP contribution in [0.1, 0.15) is 90.0 Å². The van der Waals surface area contributed by atoms with Crippen molar-refractivity contribution in [2.45, 2.75) is 90.9 Å². The van der Waals surface area contributed by atoms with Gasteiger partial charge in [-0.25, -0.2) is 9.97 Å². The molecule has 0 atom stereocenters. The van der Waals surface area contributed by atoms with Gasteiger partial charge < -0.3 is 4.74 Å². The molecular weight excluding hydrogens is 448 g/mol. The Morgan fingerprint density at radius 1 is 0.903 bits per heavy atom. The van der Waals surface area contributed by atoms with Crippen molar-refractivity contribution in [1.82, 2.24) is 9.97 Å². The summed E-state index contributed by atoms with van der Waals surface area (Å²) in [5.74, 6) is 3.54. The molecule has 1 aromatic carbocycles. The van der Waals surface area contributed by atoms with Gasteiger partial charge in [0.2, 0.25) is 0 Å². The molecule has 0 bridgehead atoms. The minimum absolute atomic E-state index is 0.750. The first-order valence-electron chi connectivity index (χ1n) is 12.4. The van der Waals surface area contributed by atoms with Crippen LogP contribution in [-0.2, 0) is 6.42 Å². The zero-order valence-corrected chi connectivity index (χ0v) is 21.0. The lowest BCUT2D eigenvalue weighted by molar-refractivity contribution is 0.249. The van der Waals surface area contributed by atoms with Crippen LogP contribution >= 0.6 is 15.9 Å². The van der Waals surface area contributed by atoms with Crippen LogP contribution in [-0.4, -0.2) is 16.6 Å². The van der Waals surface area contributed by atoms with Crippen molar-refractivity contribution in [2.75, 3.05) is 6.61 Å². The molecule has 0 saturated heterocycles. The molecule has 0 radical (unpaired) electrons. The number of halogens is 1. The van der Waals surface area contributed by atoms with Gasteiger partial charge in [0.05, 0.1) is 11.1 Å². The fourth-order valence-electron chi connectivity index (χ4n) is 4.58. The molecule has 4 heteroatoms. The molecular formula is C27H39BrN2O.